The molecule has 1 amide bonds. The van der Waals surface area contributed by atoms with E-state index in [2.05, 4.69) is 15.0 Å². The Labute approximate surface area is 139 Å². The first-order valence-corrected chi connectivity index (χ1v) is 7.48. The van der Waals surface area contributed by atoms with Gasteiger partial charge in [-0.3, -0.25) is 9.78 Å². The maximum absolute atomic E-state index is 12.4. The number of nitrogens with one attached hydrogen (secondary N) is 1. The summed E-state index contributed by atoms with van der Waals surface area (Å²) < 4.78 is 4.66. The monoisotopic (exact) mass is 320 g/mol. The molecule has 0 aliphatic heterocycles. The van der Waals surface area contributed by atoms with Crippen LogP contribution in [0.15, 0.2) is 60.8 Å². The Morgan fingerprint density at radius 2 is 1.79 bits per heavy atom. The number of carbonyl (C=O) groups excluding carboxylic acids is 2. The standard InChI is InChI=1S/C19H16N2O3/c1-24-19(23)14-8-6-13(7-9-14)12-21-18(22)16-10-11-20-17-5-3-2-4-15(16)17/h2-11H,12H2,1H3,(H,21,22). The number of para-hydroxylation sites is 1. The lowest BCUT2D eigenvalue weighted by molar-refractivity contribution is 0.0600. The van der Waals surface area contributed by atoms with Crippen LogP contribution in [0.2, 0.25) is 0 Å². The van der Waals surface area contributed by atoms with Gasteiger partial charge in [-0.1, -0.05) is 30.3 Å². The molecule has 0 atom stereocenters. The number of rotatable bonds is 4. The van der Waals surface area contributed by atoms with E-state index in [-0.39, 0.29) is 11.9 Å². The minimum atomic E-state index is -0.381. The number of aromatic nitrogens is 1. The Hall–Kier alpha value is -3.21. The molecular weight excluding hydrogens is 304 g/mol. The Balaban J connectivity index is 1.72. The molecule has 5 heteroatoms. The molecule has 0 saturated heterocycles. The summed E-state index contributed by atoms with van der Waals surface area (Å²) in [7, 11) is 1.34. The van der Waals surface area contributed by atoms with Gasteiger partial charge in [0.25, 0.3) is 5.91 Å². The summed E-state index contributed by atoms with van der Waals surface area (Å²) in [6.07, 6.45) is 1.63. The Morgan fingerprint density at radius 3 is 2.54 bits per heavy atom. The number of fused-ring (bicyclic) bond motifs is 1. The summed E-state index contributed by atoms with van der Waals surface area (Å²) in [5.41, 5.74) is 2.75. The van der Waals surface area contributed by atoms with Crippen molar-refractivity contribution >= 4 is 22.8 Å². The number of carbonyl (C=O) groups is 2. The molecule has 0 aliphatic rings. The molecule has 2 aromatic carbocycles. The molecule has 1 aromatic heterocycles. The van der Waals surface area contributed by atoms with E-state index in [0.29, 0.717) is 17.7 Å². The molecule has 3 aromatic rings. The zero-order valence-electron chi connectivity index (χ0n) is 13.2. The predicted octanol–water partition coefficient (Wildman–Crippen LogP) is 2.95. The van der Waals surface area contributed by atoms with Crippen LogP contribution in [0.5, 0.6) is 0 Å². The number of benzene rings is 2. The number of esters is 1. The summed E-state index contributed by atoms with van der Waals surface area (Å²) in [6.45, 7) is 0.372. The first-order valence-electron chi connectivity index (χ1n) is 7.48. The minimum absolute atomic E-state index is 0.161. The molecule has 0 radical (unpaired) electrons. The van der Waals surface area contributed by atoms with E-state index in [1.165, 1.54) is 7.11 Å². The number of ether oxygens (including phenoxy) is 1. The van der Waals surface area contributed by atoms with Gasteiger partial charge in [-0.15, -0.1) is 0 Å². The number of pyridine rings is 1. The summed E-state index contributed by atoms with van der Waals surface area (Å²) in [4.78, 5) is 28.1. The van der Waals surface area contributed by atoms with E-state index in [9.17, 15) is 9.59 Å². The first-order chi connectivity index (χ1) is 11.7. The van der Waals surface area contributed by atoms with E-state index in [1.54, 1.807) is 36.5 Å². The van der Waals surface area contributed by atoms with E-state index >= 15 is 0 Å². The maximum atomic E-state index is 12.4. The molecule has 3 rings (SSSR count). The van der Waals surface area contributed by atoms with Crippen molar-refractivity contribution in [2.75, 3.05) is 7.11 Å². The van der Waals surface area contributed by atoms with E-state index in [1.807, 2.05) is 24.3 Å². The fourth-order valence-electron chi connectivity index (χ4n) is 2.45. The van der Waals surface area contributed by atoms with E-state index in [4.69, 9.17) is 0 Å². The van der Waals surface area contributed by atoms with Crippen LogP contribution in [0.4, 0.5) is 0 Å². The maximum Gasteiger partial charge on any atom is 0.337 e. The summed E-state index contributed by atoms with van der Waals surface area (Å²) in [5, 5.41) is 3.71. The van der Waals surface area contributed by atoms with Gasteiger partial charge in [0.2, 0.25) is 0 Å². The van der Waals surface area contributed by atoms with E-state index in [0.717, 1.165) is 16.5 Å². The van der Waals surface area contributed by atoms with Crippen LogP contribution < -0.4 is 5.32 Å². The van der Waals surface area contributed by atoms with Crippen molar-refractivity contribution in [1.82, 2.24) is 10.3 Å². The van der Waals surface area contributed by atoms with Gasteiger partial charge >= 0.3 is 5.97 Å². The highest BCUT2D eigenvalue weighted by molar-refractivity contribution is 6.05. The van der Waals surface area contributed by atoms with Crippen molar-refractivity contribution in [2.45, 2.75) is 6.54 Å². The molecule has 0 unspecified atom stereocenters. The number of hydrogen-bond acceptors (Lipinski definition) is 4. The minimum Gasteiger partial charge on any atom is -0.465 e. The summed E-state index contributed by atoms with van der Waals surface area (Å²) in [5.74, 6) is -0.542. The van der Waals surface area contributed by atoms with Gasteiger partial charge in [0.15, 0.2) is 0 Å². The smallest absolute Gasteiger partial charge is 0.337 e. The largest absolute Gasteiger partial charge is 0.465 e. The third kappa shape index (κ3) is 3.25. The van der Waals surface area contributed by atoms with Crippen LogP contribution in [0, 0.1) is 0 Å². The number of methoxy groups -OCH3 is 1. The lowest BCUT2D eigenvalue weighted by atomic mass is 10.1. The van der Waals surface area contributed by atoms with Crippen molar-refractivity contribution in [2.24, 2.45) is 0 Å². The molecular formula is C19H16N2O3. The van der Waals surface area contributed by atoms with Crippen molar-refractivity contribution in [1.29, 1.82) is 0 Å². The molecule has 0 fully saturated rings. The molecule has 0 bridgehead atoms. The van der Waals surface area contributed by atoms with Gasteiger partial charge in [-0.05, 0) is 29.8 Å². The van der Waals surface area contributed by atoms with Crippen LogP contribution in [0.25, 0.3) is 10.9 Å². The van der Waals surface area contributed by atoms with Crippen LogP contribution in [0.3, 0.4) is 0 Å². The van der Waals surface area contributed by atoms with Gasteiger partial charge in [-0.2, -0.15) is 0 Å². The average Bonchev–Trinajstić information content (AvgIpc) is 2.65. The van der Waals surface area contributed by atoms with Crippen LogP contribution in [-0.4, -0.2) is 24.0 Å². The Bertz CT molecular complexity index is 883. The number of nitrogens with zero attached hydrogens (tertiary/aromatic N) is 1. The Kier molecular flexibility index (Phi) is 4.52. The third-order valence-electron chi connectivity index (χ3n) is 3.72. The fraction of sp³-hybridized carbons (Fsp3) is 0.105. The van der Waals surface area contributed by atoms with Gasteiger partial charge in [0.1, 0.15) is 0 Å². The second-order valence-corrected chi connectivity index (χ2v) is 5.25. The quantitative estimate of drug-likeness (QED) is 0.751. The fourth-order valence-corrected chi connectivity index (χ4v) is 2.45. The van der Waals surface area contributed by atoms with Crippen molar-refractivity contribution in [3.8, 4) is 0 Å². The molecule has 1 heterocycles. The van der Waals surface area contributed by atoms with Gasteiger partial charge < -0.3 is 10.1 Å². The SMILES string of the molecule is COC(=O)c1ccc(CNC(=O)c2ccnc3ccccc23)cc1. The van der Waals surface area contributed by atoms with Crippen LogP contribution in [-0.2, 0) is 11.3 Å². The second kappa shape index (κ2) is 6.91. The molecule has 0 aliphatic carbocycles. The molecule has 0 saturated carbocycles. The Morgan fingerprint density at radius 1 is 1.04 bits per heavy atom. The van der Waals surface area contributed by atoms with Gasteiger partial charge in [-0.25, -0.2) is 4.79 Å². The topological polar surface area (TPSA) is 68.3 Å². The lowest BCUT2D eigenvalue weighted by Gasteiger charge is -2.08. The molecule has 5 nitrogen and oxygen atoms in total. The molecule has 0 spiro atoms. The van der Waals surface area contributed by atoms with E-state index < -0.39 is 0 Å². The molecule has 120 valence electrons. The average molecular weight is 320 g/mol. The zero-order chi connectivity index (χ0) is 16.9. The van der Waals surface area contributed by atoms with Crippen LogP contribution >= 0.6 is 0 Å². The highest BCUT2D eigenvalue weighted by Gasteiger charge is 2.10. The summed E-state index contributed by atoms with van der Waals surface area (Å²) >= 11 is 0. The number of hydrogen-bond donors (Lipinski definition) is 1. The lowest BCUT2D eigenvalue weighted by Crippen LogP contribution is -2.23. The molecule has 1 N–H and O–H groups in total. The third-order valence-corrected chi connectivity index (χ3v) is 3.72. The normalized spacial score (nSPS) is 10.4. The highest BCUT2D eigenvalue weighted by atomic mass is 16.5. The van der Waals surface area contributed by atoms with Crippen molar-refractivity contribution < 1.29 is 14.3 Å². The van der Waals surface area contributed by atoms with Crippen molar-refractivity contribution in [3.63, 3.8) is 0 Å². The van der Waals surface area contributed by atoms with Crippen molar-refractivity contribution in [3.05, 3.63) is 77.5 Å². The summed E-state index contributed by atoms with van der Waals surface area (Å²) in [6, 6.07) is 16.2. The predicted molar refractivity (Wildman–Crippen MR) is 90.7 cm³/mol. The first kappa shape index (κ1) is 15.7. The molecule has 24 heavy (non-hydrogen) atoms. The zero-order valence-corrected chi connectivity index (χ0v) is 13.2. The van der Waals surface area contributed by atoms with Gasteiger partial charge in [0.05, 0.1) is 23.8 Å². The highest BCUT2D eigenvalue weighted by Crippen LogP contribution is 2.16. The second-order valence-electron chi connectivity index (χ2n) is 5.25. The number of amides is 1. The van der Waals surface area contributed by atoms with Gasteiger partial charge in [0, 0.05) is 18.1 Å². The van der Waals surface area contributed by atoms with Crippen LogP contribution in [0.1, 0.15) is 26.3 Å².